The Morgan fingerprint density at radius 1 is 1.50 bits per heavy atom. The van der Waals surface area contributed by atoms with Crippen LogP contribution in [0.5, 0.6) is 0 Å². The predicted molar refractivity (Wildman–Crippen MR) is 72.9 cm³/mol. The molecule has 18 heavy (non-hydrogen) atoms. The molecule has 1 aromatic heterocycles. The number of nitrogens with two attached hydrogens (primary N) is 1. The lowest BCUT2D eigenvalue weighted by atomic mass is 10.2. The first-order valence-corrected chi connectivity index (χ1v) is 6.52. The number of hydrogen-bond donors (Lipinski definition) is 2. The zero-order chi connectivity index (χ0) is 13.1. The third-order valence-corrected chi connectivity index (χ3v) is 3.65. The van der Waals surface area contributed by atoms with Gasteiger partial charge in [-0.1, -0.05) is 25.5 Å². The molecule has 2 aromatic rings. The van der Waals surface area contributed by atoms with Crippen LogP contribution in [0.4, 0.5) is 5.69 Å². The Hall–Kier alpha value is -1.88. The Balaban J connectivity index is 2.46. The molecule has 0 amide bonds. The van der Waals surface area contributed by atoms with Gasteiger partial charge in [-0.3, -0.25) is 0 Å². The maximum atomic E-state index is 11.2. The lowest BCUT2D eigenvalue weighted by molar-refractivity contribution is 0.0700. The van der Waals surface area contributed by atoms with Gasteiger partial charge in [-0.2, -0.15) is 0 Å². The van der Waals surface area contributed by atoms with Crippen molar-refractivity contribution >= 4 is 23.0 Å². The molecule has 94 valence electrons. The zero-order valence-electron chi connectivity index (χ0n) is 10.0. The molecule has 0 spiro atoms. The molecule has 1 heterocycles. The molecule has 5 heteroatoms. The maximum absolute atomic E-state index is 11.2. The van der Waals surface area contributed by atoms with E-state index in [1.807, 2.05) is 19.1 Å². The maximum Gasteiger partial charge on any atom is 0.347 e. The minimum atomic E-state index is -0.911. The lowest BCUT2D eigenvalue weighted by Gasteiger charge is -1.97. The van der Waals surface area contributed by atoms with Gasteiger partial charge in [0.05, 0.1) is 5.69 Å². The number of anilines is 1. The van der Waals surface area contributed by atoms with Crippen molar-refractivity contribution in [1.82, 2.24) is 4.98 Å². The monoisotopic (exact) mass is 262 g/mol. The third kappa shape index (κ3) is 2.51. The van der Waals surface area contributed by atoms with Crippen molar-refractivity contribution in [3.8, 4) is 10.6 Å². The molecule has 2 rings (SSSR count). The van der Waals surface area contributed by atoms with E-state index >= 15 is 0 Å². The van der Waals surface area contributed by atoms with E-state index in [0.717, 1.165) is 12.0 Å². The summed E-state index contributed by atoms with van der Waals surface area (Å²) < 4.78 is 0. The van der Waals surface area contributed by atoms with Crippen molar-refractivity contribution in [2.75, 3.05) is 5.73 Å². The summed E-state index contributed by atoms with van der Waals surface area (Å²) in [5, 5.41) is 9.86. The first kappa shape index (κ1) is 12.6. The number of carboxylic acid groups (broad SMARTS) is 1. The van der Waals surface area contributed by atoms with Crippen LogP contribution in [-0.2, 0) is 6.42 Å². The van der Waals surface area contributed by atoms with Crippen LogP contribution in [0.25, 0.3) is 10.6 Å². The first-order chi connectivity index (χ1) is 8.61. The molecule has 0 fully saturated rings. The van der Waals surface area contributed by atoms with E-state index in [2.05, 4.69) is 4.98 Å². The highest BCUT2D eigenvalue weighted by atomic mass is 32.1. The van der Waals surface area contributed by atoms with E-state index in [9.17, 15) is 4.79 Å². The highest BCUT2D eigenvalue weighted by Gasteiger charge is 2.17. The number of aromatic nitrogens is 1. The number of benzene rings is 1. The number of nitrogen functional groups attached to an aromatic ring is 1. The van der Waals surface area contributed by atoms with Gasteiger partial charge in [0, 0.05) is 11.3 Å². The van der Waals surface area contributed by atoms with Gasteiger partial charge < -0.3 is 10.8 Å². The van der Waals surface area contributed by atoms with Crippen LogP contribution in [0.3, 0.4) is 0 Å². The highest BCUT2D eigenvalue weighted by molar-refractivity contribution is 7.17. The molecular weight excluding hydrogens is 248 g/mol. The molecule has 0 atom stereocenters. The van der Waals surface area contributed by atoms with E-state index < -0.39 is 5.97 Å². The molecule has 0 saturated carbocycles. The second kappa shape index (κ2) is 5.18. The van der Waals surface area contributed by atoms with Gasteiger partial charge in [0.2, 0.25) is 0 Å². The number of aryl methyl sites for hydroxylation is 1. The summed E-state index contributed by atoms with van der Waals surface area (Å²) in [7, 11) is 0. The summed E-state index contributed by atoms with van der Waals surface area (Å²) in [5.41, 5.74) is 7.89. The van der Waals surface area contributed by atoms with Crippen molar-refractivity contribution in [3.05, 3.63) is 34.8 Å². The summed E-state index contributed by atoms with van der Waals surface area (Å²) in [6.07, 6.45) is 1.56. The fraction of sp³-hybridized carbons (Fsp3) is 0.231. The quantitative estimate of drug-likeness (QED) is 0.830. The van der Waals surface area contributed by atoms with Crippen LogP contribution < -0.4 is 5.73 Å². The van der Waals surface area contributed by atoms with E-state index in [1.165, 1.54) is 11.3 Å². The summed E-state index contributed by atoms with van der Waals surface area (Å²) in [6, 6.07) is 7.32. The van der Waals surface area contributed by atoms with Crippen LogP contribution in [0.2, 0.25) is 0 Å². The average molecular weight is 262 g/mol. The molecule has 0 aliphatic carbocycles. The summed E-state index contributed by atoms with van der Waals surface area (Å²) in [6.45, 7) is 2.01. The molecule has 3 N–H and O–H groups in total. The largest absolute Gasteiger partial charge is 0.477 e. The number of thiazole rings is 1. The van der Waals surface area contributed by atoms with Crippen LogP contribution in [0.1, 0.15) is 28.7 Å². The Bertz CT molecular complexity index is 578. The SMILES string of the molecule is CCCc1nc(-c2cccc(N)c2)sc1C(=O)O. The molecule has 0 saturated heterocycles. The number of hydrogen-bond acceptors (Lipinski definition) is 4. The molecule has 0 bridgehead atoms. The average Bonchev–Trinajstić information content (AvgIpc) is 2.74. The van der Waals surface area contributed by atoms with Crippen molar-refractivity contribution < 1.29 is 9.90 Å². The standard InChI is InChI=1S/C13H14N2O2S/c1-2-4-10-11(13(16)17)18-12(15-10)8-5-3-6-9(14)7-8/h3,5-7H,2,4,14H2,1H3,(H,16,17). The molecule has 4 nitrogen and oxygen atoms in total. The van der Waals surface area contributed by atoms with Gasteiger partial charge in [-0.05, 0) is 18.6 Å². The molecule has 0 unspecified atom stereocenters. The van der Waals surface area contributed by atoms with Gasteiger partial charge in [0.15, 0.2) is 0 Å². The highest BCUT2D eigenvalue weighted by Crippen LogP contribution is 2.29. The summed E-state index contributed by atoms with van der Waals surface area (Å²) in [5.74, 6) is -0.911. The van der Waals surface area contributed by atoms with Gasteiger partial charge in [0.25, 0.3) is 0 Å². The number of carbonyl (C=O) groups is 1. The minimum absolute atomic E-state index is 0.328. The molecule has 1 aromatic carbocycles. The number of rotatable bonds is 4. The number of nitrogens with zero attached hydrogens (tertiary/aromatic N) is 1. The topological polar surface area (TPSA) is 76.2 Å². The van der Waals surface area contributed by atoms with Gasteiger partial charge in [-0.25, -0.2) is 9.78 Å². The van der Waals surface area contributed by atoms with Crippen molar-refractivity contribution in [3.63, 3.8) is 0 Å². The Labute approximate surface area is 109 Å². The molecule has 0 aliphatic rings. The fourth-order valence-electron chi connectivity index (χ4n) is 1.72. The van der Waals surface area contributed by atoms with Crippen LogP contribution in [-0.4, -0.2) is 16.1 Å². The lowest BCUT2D eigenvalue weighted by Crippen LogP contribution is -1.98. The minimum Gasteiger partial charge on any atom is -0.477 e. The molecular formula is C13H14N2O2S. The normalized spacial score (nSPS) is 10.5. The van der Waals surface area contributed by atoms with E-state index in [-0.39, 0.29) is 0 Å². The second-order valence-electron chi connectivity index (χ2n) is 3.98. The Kier molecular flexibility index (Phi) is 3.62. The Morgan fingerprint density at radius 2 is 2.28 bits per heavy atom. The summed E-state index contributed by atoms with van der Waals surface area (Å²) >= 11 is 1.20. The second-order valence-corrected chi connectivity index (χ2v) is 4.97. The van der Waals surface area contributed by atoms with Gasteiger partial charge in [0.1, 0.15) is 9.88 Å². The van der Waals surface area contributed by atoms with Crippen molar-refractivity contribution in [2.24, 2.45) is 0 Å². The predicted octanol–water partition coefficient (Wildman–Crippen LogP) is 3.04. The fourth-order valence-corrected chi connectivity index (χ4v) is 2.67. The number of carboxylic acids is 1. The van der Waals surface area contributed by atoms with Crippen LogP contribution in [0, 0.1) is 0 Å². The van der Waals surface area contributed by atoms with E-state index in [0.29, 0.717) is 27.7 Å². The van der Waals surface area contributed by atoms with Crippen molar-refractivity contribution in [1.29, 1.82) is 0 Å². The molecule has 0 radical (unpaired) electrons. The van der Waals surface area contributed by atoms with E-state index in [4.69, 9.17) is 10.8 Å². The van der Waals surface area contributed by atoms with Gasteiger partial charge in [-0.15, -0.1) is 11.3 Å². The van der Waals surface area contributed by atoms with Crippen LogP contribution >= 0.6 is 11.3 Å². The smallest absolute Gasteiger partial charge is 0.347 e. The van der Waals surface area contributed by atoms with E-state index in [1.54, 1.807) is 12.1 Å². The zero-order valence-corrected chi connectivity index (χ0v) is 10.8. The summed E-state index contributed by atoms with van der Waals surface area (Å²) in [4.78, 5) is 15.9. The number of aromatic carboxylic acids is 1. The molecule has 0 aliphatic heterocycles. The van der Waals surface area contributed by atoms with Crippen molar-refractivity contribution in [2.45, 2.75) is 19.8 Å². The first-order valence-electron chi connectivity index (χ1n) is 5.70. The van der Waals surface area contributed by atoms with Gasteiger partial charge >= 0.3 is 5.97 Å². The van der Waals surface area contributed by atoms with Crippen LogP contribution in [0.15, 0.2) is 24.3 Å². The Morgan fingerprint density at radius 3 is 2.89 bits per heavy atom. The third-order valence-electron chi connectivity index (χ3n) is 2.51.